The molecule has 2 atom stereocenters. The molecule has 1 heterocycles. The fraction of sp³-hybridized carbons (Fsp3) is 0.400. The molecule has 0 spiro atoms. The maximum atomic E-state index is 11.6. The van der Waals surface area contributed by atoms with Gasteiger partial charge < -0.3 is 4.74 Å². The predicted molar refractivity (Wildman–Crippen MR) is 52.2 cm³/mol. The van der Waals surface area contributed by atoms with Crippen LogP contribution in [-0.4, -0.2) is 22.7 Å². The van der Waals surface area contributed by atoms with Crippen LogP contribution in [0.3, 0.4) is 0 Å². The number of epoxide rings is 1. The van der Waals surface area contributed by atoms with Gasteiger partial charge in [-0.2, -0.15) is 0 Å². The highest BCUT2D eigenvalue weighted by Crippen LogP contribution is 2.15. The summed E-state index contributed by atoms with van der Waals surface area (Å²) in [6.07, 6.45) is 0.238. The molecule has 2 unspecified atom stereocenters. The quantitative estimate of drug-likeness (QED) is 0.686. The Morgan fingerprint density at radius 2 is 2.08 bits per heavy atom. The molecule has 1 aliphatic rings. The third kappa shape index (κ3) is 2.39. The van der Waals surface area contributed by atoms with Crippen LogP contribution < -0.4 is 0 Å². The van der Waals surface area contributed by atoms with Gasteiger partial charge in [0.1, 0.15) is 0 Å². The highest BCUT2D eigenvalue weighted by atomic mass is 32.2. The molecule has 70 valence electrons. The molecular weight excluding hydrogens is 184 g/mol. The second kappa shape index (κ2) is 3.60. The van der Waals surface area contributed by atoms with E-state index in [0.29, 0.717) is 5.75 Å². The van der Waals surface area contributed by atoms with E-state index >= 15 is 0 Å². The van der Waals surface area contributed by atoms with Gasteiger partial charge in [-0.25, -0.2) is 0 Å². The predicted octanol–water partition coefficient (Wildman–Crippen LogP) is 1.50. The summed E-state index contributed by atoms with van der Waals surface area (Å²) in [5.41, 5.74) is 1.20. The van der Waals surface area contributed by atoms with Gasteiger partial charge in [0.2, 0.25) is 0 Å². The Kier molecular flexibility index (Phi) is 2.47. The van der Waals surface area contributed by atoms with Crippen molar-refractivity contribution in [2.75, 3.05) is 12.4 Å². The number of hydrogen-bond acceptors (Lipinski definition) is 2. The zero-order valence-corrected chi connectivity index (χ0v) is 8.34. The summed E-state index contributed by atoms with van der Waals surface area (Å²) in [5.74, 6) is 0.642. The zero-order chi connectivity index (χ0) is 9.26. The molecule has 1 saturated heterocycles. The summed E-state index contributed by atoms with van der Waals surface area (Å²) in [7, 11) is -0.884. The van der Waals surface area contributed by atoms with E-state index in [4.69, 9.17) is 4.74 Å². The first-order chi connectivity index (χ1) is 6.25. The lowest BCUT2D eigenvalue weighted by Gasteiger charge is -1.99. The van der Waals surface area contributed by atoms with Gasteiger partial charge in [-0.3, -0.25) is 4.21 Å². The van der Waals surface area contributed by atoms with Crippen LogP contribution in [0.4, 0.5) is 0 Å². The van der Waals surface area contributed by atoms with Crippen molar-refractivity contribution in [3.05, 3.63) is 29.8 Å². The Morgan fingerprint density at radius 1 is 1.46 bits per heavy atom. The van der Waals surface area contributed by atoms with Gasteiger partial charge in [0.25, 0.3) is 0 Å². The van der Waals surface area contributed by atoms with Crippen LogP contribution in [-0.2, 0) is 15.5 Å². The second-order valence-electron chi connectivity index (χ2n) is 3.28. The van der Waals surface area contributed by atoms with Crippen molar-refractivity contribution in [2.24, 2.45) is 0 Å². The van der Waals surface area contributed by atoms with E-state index in [1.165, 1.54) is 5.56 Å². The normalized spacial score (nSPS) is 22.7. The molecule has 0 N–H and O–H groups in total. The Balaban J connectivity index is 2.05. The fourth-order valence-corrected chi connectivity index (χ4v) is 2.28. The molecule has 13 heavy (non-hydrogen) atoms. The maximum absolute atomic E-state index is 11.6. The molecular formula is C10H12O2S. The minimum absolute atomic E-state index is 0.238. The number of hydrogen-bond donors (Lipinski definition) is 0. The van der Waals surface area contributed by atoms with Crippen LogP contribution >= 0.6 is 0 Å². The molecule has 0 aromatic heterocycles. The van der Waals surface area contributed by atoms with E-state index in [0.717, 1.165) is 11.5 Å². The van der Waals surface area contributed by atoms with Gasteiger partial charge in [-0.05, 0) is 19.1 Å². The topological polar surface area (TPSA) is 29.6 Å². The largest absolute Gasteiger partial charge is 0.372 e. The van der Waals surface area contributed by atoms with Crippen LogP contribution in [0.2, 0.25) is 0 Å². The molecule has 3 heteroatoms. The summed E-state index contributed by atoms with van der Waals surface area (Å²) < 4.78 is 16.7. The van der Waals surface area contributed by atoms with E-state index in [1.54, 1.807) is 0 Å². The van der Waals surface area contributed by atoms with Crippen LogP contribution in [0.1, 0.15) is 5.56 Å². The average molecular weight is 196 g/mol. The SMILES string of the molecule is Cc1ccc(S(=O)CC2CO2)cc1. The van der Waals surface area contributed by atoms with Crippen LogP contribution in [0.5, 0.6) is 0 Å². The Bertz CT molecular complexity index is 314. The van der Waals surface area contributed by atoms with Crippen molar-refractivity contribution in [3.63, 3.8) is 0 Å². The van der Waals surface area contributed by atoms with Crippen molar-refractivity contribution in [1.82, 2.24) is 0 Å². The van der Waals surface area contributed by atoms with Crippen LogP contribution in [0, 0.1) is 6.92 Å². The molecule has 0 amide bonds. The van der Waals surface area contributed by atoms with E-state index in [1.807, 2.05) is 31.2 Å². The number of benzene rings is 1. The molecule has 1 aliphatic heterocycles. The Hall–Kier alpha value is -0.670. The zero-order valence-electron chi connectivity index (χ0n) is 7.53. The van der Waals surface area contributed by atoms with Gasteiger partial charge in [0.05, 0.1) is 29.3 Å². The molecule has 1 aromatic rings. The first-order valence-electron chi connectivity index (χ1n) is 4.32. The monoisotopic (exact) mass is 196 g/mol. The molecule has 1 fully saturated rings. The summed E-state index contributed by atoms with van der Waals surface area (Å²) in [5, 5.41) is 0. The highest BCUT2D eigenvalue weighted by molar-refractivity contribution is 7.85. The minimum atomic E-state index is -0.884. The summed E-state index contributed by atoms with van der Waals surface area (Å²) >= 11 is 0. The van der Waals surface area contributed by atoms with Crippen molar-refractivity contribution in [1.29, 1.82) is 0 Å². The van der Waals surface area contributed by atoms with Crippen molar-refractivity contribution in [2.45, 2.75) is 17.9 Å². The summed E-state index contributed by atoms with van der Waals surface area (Å²) in [6, 6.07) is 7.82. The van der Waals surface area contributed by atoms with Gasteiger partial charge in [-0.15, -0.1) is 0 Å². The Morgan fingerprint density at radius 3 is 2.62 bits per heavy atom. The van der Waals surface area contributed by atoms with E-state index < -0.39 is 10.8 Å². The molecule has 2 nitrogen and oxygen atoms in total. The van der Waals surface area contributed by atoms with E-state index in [9.17, 15) is 4.21 Å². The maximum Gasteiger partial charge on any atom is 0.0928 e. The molecule has 0 saturated carbocycles. The van der Waals surface area contributed by atoms with Crippen molar-refractivity contribution < 1.29 is 8.95 Å². The molecule has 0 aliphatic carbocycles. The Labute approximate surface area is 80.4 Å². The van der Waals surface area contributed by atoms with Gasteiger partial charge in [0, 0.05) is 4.90 Å². The first kappa shape index (κ1) is 8.91. The average Bonchev–Trinajstić information content (AvgIpc) is 2.89. The second-order valence-corrected chi connectivity index (χ2v) is 4.78. The highest BCUT2D eigenvalue weighted by Gasteiger charge is 2.25. The minimum Gasteiger partial charge on any atom is -0.372 e. The van der Waals surface area contributed by atoms with Gasteiger partial charge in [-0.1, -0.05) is 17.7 Å². The first-order valence-corrected chi connectivity index (χ1v) is 5.64. The summed E-state index contributed by atoms with van der Waals surface area (Å²) in [6.45, 7) is 2.80. The molecule has 0 radical (unpaired) electrons. The van der Waals surface area contributed by atoms with Crippen molar-refractivity contribution >= 4 is 10.8 Å². The van der Waals surface area contributed by atoms with E-state index in [2.05, 4.69) is 0 Å². The molecule has 2 rings (SSSR count). The summed E-state index contributed by atoms with van der Waals surface area (Å²) in [4.78, 5) is 0.904. The number of rotatable bonds is 3. The van der Waals surface area contributed by atoms with Crippen LogP contribution in [0.25, 0.3) is 0 Å². The fourth-order valence-electron chi connectivity index (χ4n) is 1.12. The smallest absolute Gasteiger partial charge is 0.0928 e. The number of aryl methyl sites for hydroxylation is 1. The lowest BCUT2D eigenvalue weighted by atomic mass is 10.2. The van der Waals surface area contributed by atoms with E-state index in [-0.39, 0.29) is 6.10 Å². The lowest BCUT2D eigenvalue weighted by molar-refractivity contribution is 0.425. The number of ether oxygens (including phenoxy) is 1. The lowest BCUT2D eigenvalue weighted by Crippen LogP contribution is -2.03. The molecule has 0 bridgehead atoms. The van der Waals surface area contributed by atoms with Crippen LogP contribution in [0.15, 0.2) is 29.2 Å². The van der Waals surface area contributed by atoms with Crippen molar-refractivity contribution in [3.8, 4) is 0 Å². The molecule has 1 aromatic carbocycles. The standard InChI is InChI=1S/C10H12O2S/c1-8-2-4-10(5-3-8)13(11)7-9-6-12-9/h2-5,9H,6-7H2,1H3. The third-order valence-corrected chi connectivity index (χ3v) is 3.50. The van der Waals surface area contributed by atoms with Gasteiger partial charge in [0.15, 0.2) is 0 Å². The third-order valence-electron chi connectivity index (χ3n) is 2.02. The van der Waals surface area contributed by atoms with Gasteiger partial charge >= 0.3 is 0 Å².